The number of nitriles is 1. The first-order chi connectivity index (χ1) is 7.19. The summed E-state index contributed by atoms with van der Waals surface area (Å²) in [5.74, 6) is 0. The van der Waals surface area contributed by atoms with E-state index in [1.165, 1.54) is 11.4 Å². The lowest BCUT2D eigenvalue weighted by molar-refractivity contribution is 0.126. The van der Waals surface area contributed by atoms with E-state index in [0.29, 0.717) is 0 Å². The first kappa shape index (κ1) is 9.69. The number of aryl methyl sites for hydroxylation is 2. The Morgan fingerprint density at radius 3 is 2.53 bits per heavy atom. The highest BCUT2D eigenvalue weighted by Crippen LogP contribution is 2.21. The van der Waals surface area contributed by atoms with Crippen LogP contribution in [0.25, 0.3) is 0 Å². The van der Waals surface area contributed by atoms with Gasteiger partial charge in [0.1, 0.15) is 12.4 Å². The van der Waals surface area contributed by atoms with E-state index >= 15 is 0 Å². The summed E-state index contributed by atoms with van der Waals surface area (Å²) in [4.78, 5) is 9.15. The molecule has 1 atom stereocenters. The predicted octanol–water partition coefficient (Wildman–Crippen LogP) is 1.93. The van der Waals surface area contributed by atoms with E-state index in [0.717, 1.165) is 16.8 Å². The second-order valence-electron chi connectivity index (χ2n) is 3.52. The smallest absolute Gasteiger partial charge is 0.225 e. The lowest BCUT2D eigenvalue weighted by atomic mass is 10.1. The van der Waals surface area contributed by atoms with E-state index in [9.17, 15) is 0 Å². The minimum Gasteiger partial charge on any atom is -0.225 e. The maximum absolute atomic E-state index is 8.62. The highest BCUT2D eigenvalue weighted by atomic mass is 16.7. The van der Waals surface area contributed by atoms with Crippen LogP contribution in [0.5, 0.6) is 0 Å². The zero-order valence-corrected chi connectivity index (χ0v) is 8.64. The van der Waals surface area contributed by atoms with Crippen LogP contribution in [0, 0.1) is 25.2 Å². The number of nitrogens with zero attached hydrogens (tertiary/aromatic N) is 3. The highest BCUT2D eigenvalue weighted by Gasteiger charge is 2.18. The van der Waals surface area contributed by atoms with Gasteiger partial charge in [0.25, 0.3) is 6.23 Å². The van der Waals surface area contributed by atoms with Crippen molar-refractivity contribution in [1.29, 1.82) is 5.26 Å². The fraction of sp³-hybridized carbons (Fsp3) is 0.273. The van der Waals surface area contributed by atoms with Gasteiger partial charge in [-0.2, -0.15) is 5.26 Å². The van der Waals surface area contributed by atoms with Crippen molar-refractivity contribution in [3.05, 3.63) is 29.3 Å². The van der Waals surface area contributed by atoms with Crippen LogP contribution >= 0.6 is 0 Å². The number of aliphatic imine (C=N–C) groups is 1. The van der Waals surface area contributed by atoms with Gasteiger partial charge in [-0.05, 0) is 37.1 Å². The number of anilines is 1. The van der Waals surface area contributed by atoms with Gasteiger partial charge >= 0.3 is 0 Å². The molecule has 0 bridgehead atoms. The van der Waals surface area contributed by atoms with Gasteiger partial charge < -0.3 is 0 Å². The summed E-state index contributed by atoms with van der Waals surface area (Å²) in [6.45, 7) is 4.04. The maximum atomic E-state index is 8.62. The quantitative estimate of drug-likeness (QED) is 0.697. The van der Waals surface area contributed by atoms with Crippen LogP contribution < -0.4 is 5.06 Å². The summed E-state index contributed by atoms with van der Waals surface area (Å²) in [5.41, 5.74) is 3.21. The largest absolute Gasteiger partial charge is 0.263 e. The zero-order chi connectivity index (χ0) is 10.8. The molecule has 0 amide bonds. The van der Waals surface area contributed by atoms with E-state index in [4.69, 9.17) is 10.1 Å². The molecule has 1 aliphatic rings. The standard InChI is InChI=1S/C11H11N3O/c1-8-3-9(2)5-10(4-8)14-7-13-11(6-12)15-14/h3-5,7,11H,1-2H3. The molecule has 1 heterocycles. The molecule has 0 N–H and O–H groups in total. The molecule has 1 aromatic carbocycles. The van der Waals surface area contributed by atoms with Crippen molar-refractivity contribution in [3.63, 3.8) is 0 Å². The summed E-state index contributed by atoms with van der Waals surface area (Å²) < 4.78 is 0. The molecule has 2 rings (SSSR count). The molecule has 0 saturated heterocycles. The van der Waals surface area contributed by atoms with Crippen molar-refractivity contribution in [2.75, 3.05) is 5.06 Å². The monoisotopic (exact) mass is 201 g/mol. The molecule has 4 nitrogen and oxygen atoms in total. The molecule has 1 aromatic rings. The van der Waals surface area contributed by atoms with Gasteiger partial charge in [0.05, 0.1) is 5.69 Å². The third kappa shape index (κ3) is 1.97. The summed E-state index contributed by atoms with van der Waals surface area (Å²) in [7, 11) is 0. The van der Waals surface area contributed by atoms with Crippen LogP contribution in [0.4, 0.5) is 5.69 Å². The van der Waals surface area contributed by atoms with Crippen molar-refractivity contribution in [1.82, 2.24) is 0 Å². The molecular weight excluding hydrogens is 190 g/mol. The molecular formula is C11H11N3O. The molecule has 0 spiro atoms. The number of rotatable bonds is 1. The van der Waals surface area contributed by atoms with Crippen molar-refractivity contribution in [2.24, 2.45) is 4.99 Å². The highest BCUT2D eigenvalue weighted by molar-refractivity contribution is 5.78. The molecule has 0 aromatic heterocycles. The van der Waals surface area contributed by atoms with E-state index < -0.39 is 6.23 Å². The van der Waals surface area contributed by atoms with Gasteiger partial charge in [0.2, 0.25) is 0 Å². The van der Waals surface area contributed by atoms with Gasteiger partial charge in [-0.25, -0.2) is 14.9 Å². The van der Waals surface area contributed by atoms with Gasteiger partial charge in [-0.1, -0.05) is 6.07 Å². The van der Waals surface area contributed by atoms with Crippen LogP contribution in [-0.2, 0) is 4.84 Å². The normalized spacial score (nSPS) is 19.3. The van der Waals surface area contributed by atoms with Crippen molar-refractivity contribution in [2.45, 2.75) is 20.1 Å². The first-order valence-corrected chi connectivity index (χ1v) is 4.66. The Balaban J connectivity index is 2.25. The average molecular weight is 201 g/mol. The van der Waals surface area contributed by atoms with Gasteiger partial charge in [0.15, 0.2) is 0 Å². The van der Waals surface area contributed by atoms with Crippen molar-refractivity contribution < 1.29 is 4.84 Å². The Morgan fingerprint density at radius 2 is 2.00 bits per heavy atom. The van der Waals surface area contributed by atoms with E-state index in [1.807, 2.05) is 32.0 Å². The zero-order valence-electron chi connectivity index (χ0n) is 8.64. The average Bonchev–Trinajstić information content (AvgIpc) is 2.64. The Labute approximate surface area is 88.4 Å². The van der Waals surface area contributed by atoms with Gasteiger partial charge in [0, 0.05) is 0 Å². The molecule has 0 saturated carbocycles. The lowest BCUT2D eigenvalue weighted by Crippen LogP contribution is -2.19. The minimum atomic E-state index is -0.717. The van der Waals surface area contributed by atoms with E-state index in [2.05, 4.69) is 11.1 Å². The van der Waals surface area contributed by atoms with Crippen LogP contribution in [0.1, 0.15) is 11.1 Å². The molecule has 4 heteroatoms. The molecule has 15 heavy (non-hydrogen) atoms. The number of hydroxylamine groups is 1. The van der Waals surface area contributed by atoms with Crippen molar-refractivity contribution >= 4 is 12.0 Å². The van der Waals surface area contributed by atoms with Crippen LogP contribution in [0.3, 0.4) is 0 Å². The first-order valence-electron chi connectivity index (χ1n) is 4.66. The van der Waals surface area contributed by atoms with Crippen LogP contribution in [0.2, 0.25) is 0 Å². The second-order valence-corrected chi connectivity index (χ2v) is 3.52. The summed E-state index contributed by atoms with van der Waals surface area (Å²) >= 11 is 0. The Kier molecular flexibility index (Phi) is 2.40. The molecule has 0 aliphatic carbocycles. The number of benzene rings is 1. The van der Waals surface area contributed by atoms with E-state index in [-0.39, 0.29) is 0 Å². The van der Waals surface area contributed by atoms with Gasteiger partial charge in [-0.15, -0.1) is 0 Å². The molecule has 76 valence electrons. The predicted molar refractivity (Wildman–Crippen MR) is 57.4 cm³/mol. The summed E-state index contributed by atoms with van der Waals surface area (Å²) in [6.07, 6.45) is 0.813. The molecule has 1 aliphatic heterocycles. The lowest BCUT2D eigenvalue weighted by Gasteiger charge is -2.14. The second kappa shape index (κ2) is 3.71. The SMILES string of the molecule is Cc1cc(C)cc(N2C=NC(C#N)O2)c1. The Morgan fingerprint density at radius 1 is 1.33 bits per heavy atom. The third-order valence-corrected chi connectivity index (χ3v) is 2.09. The number of hydrogen-bond donors (Lipinski definition) is 0. The topological polar surface area (TPSA) is 48.6 Å². The summed E-state index contributed by atoms with van der Waals surface area (Å²) in [6, 6.07) is 7.98. The minimum absolute atomic E-state index is 0.717. The Bertz CT molecular complexity index is 427. The Hall–Kier alpha value is -1.86. The maximum Gasteiger partial charge on any atom is 0.263 e. The fourth-order valence-corrected chi connectivity index (χ4v) is 1.55. The van der Waals surface area contributed by atoms with Crippen LogP contribution in [-0.4, -0.2) is 12.6 Å². The van der Waals surface area contributed by atoms with E-state index in [1.54, 1.807) is 0 Å². The molecule has 0 fully saturated rings. The molecule has 0 radical (unpaired) electrons. The number of hydrogen-bond acceptors (Lipinski definition) is 4. The van der Waals surface area contributed by atoms with Crippen molar-refractivity contribution in [3.8, 4) is 6.07 Å². The third-order valence-electron chi connectivity index (χ3n) is 2.09. The molecule has 1 unspecified atom stereocenters. The van der Waals surface area contributed by atoms with Gasteiger partial charge in [-0.3, -0.25) is 0 Å². The fourth-order valence-electron chi connectivity index (χ4n) is 1.55. The summed E-state index contributed by atoms with van der Waals surface area (Å²) in [5, 5.41) is 10.1. The van der Waals surface area contributed by atoms with Crippen LogP contribution in [0.15, 0.2) is 23.2 Å².